The number of benzene rings is 1. The minimum absolute atomic E-state index is 0.0470. The highest BCUT2D eigenvalue weighted by atomic mass is 16.5. The van der Waals surface area contributed by atoms with E-state index in [4.69, 9.17) is 42.8 Å². The van der Waals surface area contributed by atoms with Crippen LogP contribution in [0.25, 0.3) is 33.4 Å². The quantitative estimate of drug-likeness (QED) is 0.149. The van der Waals surface area contributed by atoms with E-state index in [2.05, 4.69) is 88.9 Å². The summed E-state index contributed by atoms with van der Waals surface area (Å²) in [6.07, 6.45) is 10.4. The Morgan fingerprint density at radius 3 is 2.47 bits per heavy atom. The summed E-state index contributed by atoms with van der Waals surface area (Å²) < 4.78 is 46.5. The number of nitrogens with zero attached hydrogens (tertiary/aromatic N) is 7. The molecule has 1 spiro atoms. The van der Waals surface area contributed by atoms with E-state index < -0.39 is 35.1 Å². The molecule has 7 saturated heterocycles. The molecule has 6 atom stereocenters. The molecule has 4 aromatic rings. The highest BCUT2D eigenvalue weighted by molar-refractivity contribution is 5.96. The molecule has 79 heavy (non-hydrogen) atoms. The summed E-state index contributed by atoms with van der Waals surface area (Å²) in [6.45, 7) is 21.1. The number of hydrazine groups is 1. The van der Waals surface area contributed by atoms with Gasteiger partial charge in [-0.2, -0.15) is 0 Å². The number of ether oxygens (including phenoxy) is 6. The second-order valence-corrected chi connectivity index (χ2v) is 26.2. The Morgan fingerprint density at radius 1 is 0.962 bits per heavy atom. The topological polar surface area (TPSA) is 187 Å². The van der Waals surface area contributed by atoms with Gasteiger partial charge < -0.3 is 47.6 Å². The average Bonchev–Trinajstić information content (AvgIpc) is 3.87. The van der Waals surface area contributed by atoms with Gasteiger partial charge >= 0.3 is 5.97 Å². The number of hydrogen-bond donors (Lipinski definition) is 2. The molecule has 14 rings (SSSR count). The number of amides is 2. The highest BCUT2D eigenvalue weighted by Gasteiger charge is 2.62. The molecule has 0 unspecified atom stereocenters. The van der Waals surface area contributed by atoms with E-state index in [1.165, 1.54) is 17.9 Å². The van der Waals surface area contributed by atoms with Crippen molar-refractivity contribution in [2.45, 2.75) is 160 Å². The van der Waals surface area contributed by atoms with Crippen molar-refractivity contribution in [2.75, 3.05) is 90.9 Å². The summed E-state index contributed by atoms with van der Waals surface area (Å²) >= 11 is 0. The second kappa shape index (κ2) is 20.5. The summed E-state index contributed by atoms with van der Waals surface area (Å²) in [4.78, 5) is 62.3. The molecule has 1 aromatic carbocycles. The molecule has 0 radical (unpaired) electrons. The van der Waals surface area contributed by atoms with Crippen molar-refractivity contribution in [1.29, 1.82) is 0 Å². The maximum Gasteiger partial charge on any atom is 0.324 e. The average molecular weight is 1090 g/mol. The first-order valence-electron chi connectivity index (χ1n) is 29.4. The number of methoxy groups -OCH3 is 1. The number of carbonyl (C=O) groups is 3. The van der Waals surface area contributed by atoms with Gasteiger partial charge in [-0.1, -0.05) is 19.9 Å². The molecule has 2 saturated carbocycles. The third-order valence-electron chi connectivity index (χ3n) is 19.0. The highest BCUT2D eigenvalue weighted by Crippen LogP contribution is 2.53. The second-order valence-electron chi connectivity index (χ2n) is 26.2. The molecule has 19 heteroatoms. The smallest absolute Gasteiger partial charge is 0.324 e. The van der Waals surface area contributed by atoms with Crippen molar-refractivity contribution in [3.63, 3.8) is 0 Å². The van der Waals surface area contributed by atoms with Crippen LogP contribution in [-0.2, 0) is 55.8 Å². The number of likely N-dealkylation sites (tertiary alicyclic amines) is 1. The molecule has 3 aromatic heterocycles. The van der Waals surface area contributed by atoms with Crippen LogP contribution in [0.1, 0.15) is 122 Å². The maximum absolute atomic E-state index is 15.3. The molecular formula is C60H81N9O10. The maximum atomic E-state index is 15.3. The molecule has 8 aliphatic heterocycles. The summed E-state index contributed by atoms with van der Waals surface area (Å²) in [5.74, 6) is -0.521. The summed E-state index contributed by atoms with van der Waals surface area (Å²) in [6, 6.07) is 6.80. The zero-order valence-electron chi connectivity index (χ0n) is 47.4. The standard InChI is InChI=1S/C60H81N9O10/c1-36-39-25-60(26-39,79-36)56(72)63-50-52(67-31-59(32-67)34-74-35-59)53-62-47(30-76-53)38-10-13-48-43(23-38)45(28-57(3,4)33-77-55(71)46-9-8-15-69(64-46)54(50)70)51(68(48)20-22-75-42-14-21-78-58(5,6)27-42)44-24-41(29-61-49(44)37(2)73-7)66-18-16-65(17-19-66)40-11-12-40/h10,13,23-24,29-30,36-37,39-40,42,46,50,52,64H,8-9,11-12,14-22,25-28,31-35H2,1-7H3,(H,63,72)/t36-,37-,39?,42-,46-,50-,52-,60?/m0/s1. The number of nitrogens with one attached hydrogen (secondary N) is 2. The zero-order valence-corrected chi connectivity index (χ0v) is 47.4. The van der Waals surface area contributed by atoms with E-state index in [0.717, 1.165) is 83.7 Å². The van der Waals surface area contributed by atoms with Gasteiger partial charge in [0, 0.05) is 111 Å². The predicted octanol–water partition coefficient (Wildman–Crippen LogP) is 6.37. The van der Waals surface area contributed by atoms with E-state index in [9.17, 15) is 9.59 Å². The van der Waals surface area contributed by atoms with Crippen LogP contribution >= 0.6 is 0 Å². The van der Waals surface area contributed by atoms with Crippen molar-refractivity contribution >= 4 is 34.4 Å². The van der Waals surface area contributed by atoms with Crippen molar-refractivity contribution in [1.82, 2.24) is 40.1 Å². The SMILES string of the molecule is CO[C@@H](C)c1ncc(N2CCN(C3CC3)CC2)cc1-c1c2c3cc(ccc3n1CCO[C@H]1CCOC(C)(C)C1)-c1coc(n1)[C@@H](N1CC3(COC3)C1)[C@H](NC(=O)C13CC(C1)[C@H](C)O3)C(=O)N1CCC[C@H](N1)C(=O)OCC(C)(C)C2. The number of cyclic esters (lactones) is 1. The molecule has 10 aliphatic rings. The molecule has 2 amide bonds. The third-order valence-corrected chi connectivity index (χ3v) is 19.0. The van der Waals surface area contributed by atoms with E-state index in [1.807, 2.05) is 13.1 Å². The Kier molecular flexibility index (Phi) is 13.8. The monoisotopic (exact) mass is 1090 g/mol. The molecule has 9 fully saturated rings. The third kappa shape index (κ3) is 10.1. The van der Waals surface area contributed by atoms with E-state index in [-0.39, 0.29) is 47.7 Å². The molecule has 2 aliphatic carbocycles. The van der Waals surface area contributed by atoms with Crippen LogP contribution < -0.4 is 15.6 Å². The van der Waals surface area contributed by atoms with Crippen molar-refractivity contribution in [3.8, 4) is 22.5 Å². The Hall–Kier alpha value is -4.99. The van der Waals surface area contributed by atoms with Crippen LogP contribution in [0.4, 0.5) is 5.69 Å². The fourth-order valence-electron chi connectivity index (χ4n) is 14.3. The van der Waals surface area contributed by atoms with Crippen LogP contribution in [0.15, 0.2) is 41.1 Å². The van der Waals surface area contributed by atoms with E-state index >= 15 is 4.79 Å². The van der Waals surface area contributed by atoms with Gasteiger partial charge in [-0.3, -0.25) is 34.2 Å². The number of rotatable bonds is 12. The van der Waals surface area contributed by atoms with Crippen molar-refractivity contribution < 1.29 is 47.2 Å². The Morgan fingerprint density at radius 2 is 1.76 bits per heavy atom. The van der Waals surface area contributed by atoms with Gasteiger partial charge in [0.1, 0.15) is 35.7 Å². The molecule has 8 bridgehead atoms. The van der Waals surface area contributed by atoms with Gasteiger partial charge in [0.05, 0.1) is 73.6 Å². The minimum atomic E-state index is -1.14. The van der Waals surface area contributed by atoms with Crippen LogP contribution in [0.2, 0.25) is 0 Å². The lowest BCUT2D eigenvalue weighted by Crippen LogP contribution is -2.70. The van der Waals surface area contributed by atoms with Gasteiger partial charge in [0.15, 0.2) is 0 Å². The van der Waals surface area contributed by atoms with Crippen LogP contribution in [-0.4, -0.2) is 175 Å². The number of aromatic nitrogens is 3. The minimum Gasteiger partial charge on any atom is -0.464 e. The van der Waals surface area contributed by atoms with Gasteiger partial charge in [-0.15, -0.1) is 0 Å². The fraction of sp³-hybridized carbons (Fsp3) is 0.683. The first kappa shape index (κ1) is 53.3. The lowest BCUT2D eigenvalue weighted by Gasteiger charge is -2.57. The number of pyridine rings is 1. The normalized spacial score (nSPS) is 31.0. The summed E-state index contributed by atoms with van der Waals surface area (Å²) in [5.41, 5.74) is 8.82. The first-order valence-corrected chi connectivity index (χ1v) is 29.4. The number of anilines is 1. The number of fused-ring (bicyclic) bond motifs is 7. The van der Waals surface area contributed by atoms with E-state index in [1.54, 1.807) is 13.4 Å². The van der Waals surface area contributed by atoms with Crippen LogP contribution in [0.3, 0.4) is 0 Å². The number of hydrogen-bond acceptors (Lipinski definition) is 16. The predicted molar refractivity (Wildman–Crippen MR) is 294 cm³/mol. The lowest BCUT2D eigenvalue weighted by atomic mass is 9.72. The number of piperazine rings is 1. The fourth-order valence-corrected chi connectivity index (χ4v) is 14.3. The molecule has 19 nitrogen and oxygen atoms in total. The molecule has 2 N–H and O–H groups in total. The van der Waals surface area contributed by atoms with E-state index in [0.29, 0.717) is 108 Å². The first-order chi connectivity index (χ1) is 38.0. The Labute approximate surface area is 463 Å². The Balaban J connectivity index is 0.948. The summed E-state index contributed by atoms with van der Waals surface area (Å²) in [7, 11) is 1.74. The number of carbonyl (C=O) groups excluding carboxylic acids is 3. The molecular weight excluding hydrogens is 1010 g/mol. The summed E-state index contributed by atoms with van der Waals surface area (Å²) in [5, 5.41) is 5.75. The Bertz CT molecular complexity index is 2960. The number of esters is 1. The lowest BCUT2D eigenvalue weighted by molar-refractivity contribution is -0.204. The van der Waals surface area contributed by atoms with Crippen molar-refractivity contribution in [3.05, 3.63) is 53.9 Å². The zero-order chi connectivity index (χ0) is 54.6. The molecule has 426 valence electrons. The van der Waals surface area contributed by atoms with Crippen LogP contribution in [0, 0.1) is 16.7 Å². The van der Waals surface area contributed by atoms with Crippen molar-refractivity contribution in [2.24, 2.45) is 16.7 Å². The van der Waals surface area contributed by atoms with Gasteiger partial charge in [-0.25, -0.2) is 10.4 Å². The van der Waals surface area contributed by atoms with Gasteiger partial charge in [0.2, 0.25) is 5.89 Å². The van der Waals surface area contributed by atoms with Gasteiger partial charge in [0.25, 0.3) is 11.8 Å². The number of oxazole rings is 1. The van der Waals surface area contributed by atoms with Gasteiger partial charge in [-0.05, 0) is 109 Å². The van der Waals surface area contributed by atoms with Crippen LogP contribution in [0.5, 0.6) is 0 Å². The molecule has 11 heterocycles. The largest absolute Gasteiger partial charge is 0.464 e.